The average Bonchev–Trinajstić information content (AvgIpc) is 2.70. The summed E-state index contributed by atoms with van der Waals surface area (Å²) in [5.74, 6) is -0.0655. The fourth-order valence-corrected chi connectivity index (χ4v) is 3.39. The van der Waals surface area contributed by atoms with Crippen LogP contribution >= 0.6 is 15.9 Å². The number of anilines is 3. The van der Waals surface area contributed by atoms with E-state index in [1.165, 1.54) is 24.3 Å². The van der Waals surface area contributed by atoms with Crippen LogP contribution in [0.1, 0.15) is 15.9 Å². The van der Waals surface area contributed by atoms with Crippen molar-refractivity contribution >= 4 is 49.4 Å². The summed E-state index contributed by atoms with van der Waals surface area (Å²) in [7, 11) is -3.70. The van der Waals surface area contributed by atoms with Gasteiger partial charge in [0.05, 0.1) is 14.9 Å². The fraction of sp³-hybridized carbons (Fsp3) is 0.105. The molecule has 5 N–H and O–H groups in total. The van der Waals surface area contributed by atoms with Crippen LogP contribution in [-0.2, 0) is 16.4 Å². The lowest BCUT2D eigenvalue weighted by molar-refractivity contribution is 0.0697. The third-order valence-electron chi connectivity index (χ3n) is 4.09. The number of primary sulfonamides is 1. The number of nitrogens with zero attached hydrogens (tertiary/aromatic N) is 2. The molecule has 0 spiro atoms. The Hall–Kier alpha value is -3.02. The van der Waals surface area contributed by atoms with Crippen LogP contribution in [0.2, 0.25) is 0 Å². The lowest BCUT2D eigenvalue weighted by atomic mass is 10.1. The maximum Gasteiger partial charge on any atom is 0.335 e. The molecule has 1 heterocycles. The third-order valence-corrected chi connectivity index (χ3v) is 5.60. The lowest BCUT2D eigenvalue weighted by Gasteiger charge is -2.11. The van der Waals surface area contributed by atoms with Gasteiger partial charge in [0.25, 0.3) is 0 Å². The highest BCUT2D eigenvalue weighted by atomic mass is 79.9. The van der Waals surface area contributed by atoms with Crippen molar-refractivity contribution in [3.63, 3.8) is 0 Å². The van der Waals surface area contributed by atoms with E-state index in [1.807, 2.05) is 0 Å². The number of benzene rings is 2. The maximum absolute atomic E-state index is 11.3. The average molecular weight is 492 g/mol. The second-order valence-corrected chi connectivity index (χ2v) is 8.68. The van der Waals surface area contributed by atoms with Gasteiger partial charge < -0.3 is 15.7 Å². The molecular weight excluding hydrogens is 474 g/mol. The summed E-state index contributed by atoms with van der Waals surface area (Å²) in [5, 5.41) is 20.3. The minimum atomic E-state index is -3.70. The quantitative estimate of drug-likeness (QED) is 0.375. The number of carboxylic acid groups (broad SMARTS) is 1. The van der Waals surface area contributed by atoms with Crippen LogP contribution in [0.5, 0.6) is 0 Å². The Kier molecular flexibility index (Phi) is 6.65. The number of carbonyl (C=O) groups is 1. The van der Waals surface area contributed by atoms with Gasteiger partial charge in [0, 0.05) is 18.4 Å². The van der Waals surface area contributed by atoms with Gasteiger partial charge >= 0.3 is 5.97 Å². The number of hydrogen-bond acceptors (Lipinski definition) is 7. The van der Waals surface area contributed by atoms with Crippen LogP contribution in [0.4, 0.5) is 17.5 Å². The number of aromatic nitrogens is 2. The molecule has 1 aromatic heterocycles. The predicted molar refractivity (Wildman–Crippen MR) is 116 cm³/mol. The minimum absolute atomic E-state index is 0.0739. The standard InChI is InChI=1S/C19H18BrN5O4S/c20-16-11-23-19(24-14-5-3-13(4-6-14)18(26)27)25-17(16)22-10-9-12-1-7-15(8-2-12)30(21,28)29/h1-8,11H,9-10H2,(H,26,27)(H2,21,28,29)(H2,22,23,24,25). The number of halogens is 1. The number of hydrogen-bond donors (Lipinski definition) is 4. The highest BCUT2D eigenvalue weighted by Gasteiger charge is 2.08. The maximum atomic E-state index is 11.3. The molecular formula is C19H18BrN5O4S. The highest BCUT2D eigenvalue weighted by Crippen LogP contribution is 2.22. The Morgan fingerprint density at radius 3 is 2.37 bits per heavy atom. The number of nitrogens with one attached hydrogen (secondary N) is 2. The van der Waals surface area contributed by atoms with E-state index >= 15 is 0 Å². The zero-order valence-corrected chi connectivity index (χ0v) is 17.9. The van der Waals surface area contributed by atoms with Crippen LogP contribution in [0.15, 0.2) is 64.1 Å². The van der Waals surface area contributed by atoms with Crippen LogP contribution in [-0.4, -0.2) is 36.0 Å². The number of rotatable bonds is 8. The summed E-state index contributed by atoms with van der Waals surface area (Å²) in [5.41, 5.74) is 1.79. The van der Waals surface area contributed by atoms with Gasteiger partial charge in [-0.3, -0.25) is 0 Å². The van der Waals surface area contributed by atoms with Crippen LogP contribution < -0.4 is 15.8 Å². The van der Waals surface area contributed by atoms with E-state index in [2.05, 4.69) is 36.5 Å². The summed E-state index contributed by atoms with van der Waals surface area (Å²) in [6, 6.07) is 12.6. The smallest absolute Gasteiger partial charge is 0.335 e. The first-order chi connectivity index (χ1) is 14.2. The molecule has 0 unspecified atom stereocenters. The molecule has 3 rings (SSSR count). The second-order valence-electron chi connectivity index (χ2n) is 6.26. The second kappa shape index (κ2) is 9.20. The molecule has 11 heteroatoms. The number of sulfonamides is 1. The molecule has 0 aliphatic heterocycles. The van der Waals surface area contributed by atoms with Gasteiger partial charge in [0.15, 0.2) is 0 Å². The Labute approximate surface area is 181 Å². The fourth-order valence-electron chi connectivity index (χ4n) is 2.55. The van der Waals surface area contributed by atoms with Crippen molar-refractivity contribution in [2.75, 3.05) is 17.2 Å². The molecule has 0 bridgehead atoms. The van der Waals surface area contributed by atoms with Gasteiger partial charge in [0.2, 0.25) is 16.0 Å². The zero-order chi connectivity index (χ0) is 21.7. The van der Waals surface area contributed by atoms with E-state index in [-0.39, 0.29) is 10.5 Å². The van der Waals surface area contributed by atoms with Gasteiger partial charge in [-0.1, -0.05) is 12.1 Å². The number of aromatic carboxylic acids is 1. The molecule has 0 aliphatic carbocycles. The van der Waals surface area contributed by atoms with Crippen molar-refractivity contribution in [2.24, 2.45) is 5.14 Å². The topological polar surface area (TPSA) is 147 Å². The van der Waals surface area contributed by atoms with E-state index in [9.17, 15) is 13.2 Å². The molecule has 2 aromatic carbocycles. The third kappa shape index (κ3) is 5.75. The van der Waals surface area contributed by atoms with Crippen molar-refractivity contribution in [1.29, 1.82) is 0 Å². The van der Waals surface area contributed by atoms with Gasteiger partial charge in [-0.15, -0.1) is 0 Å². The van der Waals surface area contributed by atoms with Crippen molar-refractivity contribution in [3.05, 3.63) is 70.3 Å². The van der Waals surface area contributed by atoms with E-state index in [4.69, 9.17) is 10.2 Å². The Balaban J connectivity index is 1.62. The van der Waals surface area contributed by atoms with Crippen molar-refractivity contribution in [3.8, 4) is 0 Å². The highest BCUT2D eigenvalue weighted by molar-refractivity contribution is 9.10. The Morgan fingerprint density at radius 2 is 1.77 bits per heavy atom. The van der Waals surface area contributed by atoms with Gasteiger partial charge in [-0.25, -0.2) is 23.3 Å². The predicted octanol–water partition coefficient (Wildman–Crippen LogP) is 2.98. The molecule has 30 heavy (non-hydrogen) atoms. The van der Waals surface area contributed by atoms with E-state index in [0.29, 0.717) is 34.9 Å². The normalized spacial score (nSPS) is 11.1. The Bertz CT molecular complexity index is 1150. The minimum Gasteiger partial charge on any atom is -0.478 e. The number of carboxylic acids is 1. The molecule has 156 valence electrons. The van der Waals surface area contributed by atoms with Gasteiger partial charge in [-0.05, 0) is 64.3 Å². The monoisotopic (exact) mass is 491 g/mol. The molecule has 0 radical (unpaired) electrons. The Morgan fingerprint density at radius 1 is 1.10 bits per heavy atom. The van der Waals surface area contributed by atoms with E-state index < -0.39 is 16.0 Å². The van der Waals surface area contributed by atoms with Crippen LogP contribution in [0.3, 0.4) is 0 Å². The number of nitrogens with two attached hydrogens (primary N) is 1. The van der Waals surface area contributed by atoms with Crippen molar-refractivity contribution < 1.29 is 18.3 Å². The van der Waals surface area contributed by atoms with Crippen molar-refractivity contribution in [1.82, 2.24) is 9.97 Å². The molecule has 0 atom stereocenters. The molecule has 0 fully saturated rings. The molecule has 0 aliphatic rings. The summed E-state index contributed by atoms with van der Waals surface area (Å²) >= 11 is 3.40. The summed E-state index contributed by atoms with van der Waals surface area (Å²) < 4.78 is 23.3. The molecule has 0 amide bonds. The molecule has 0 saturated heterocycles. The lowest BCUT2D eigenvalue weighted by Crippen LogP contribution is -2.12. The first-order valence-electron chi connectivity index (χ1n) is 8.71. The van der Waals surface area contributed by atoms with Crippen molar-refractivity contribution in [2.45, 2.75) is 11.3 Å². The molecule has 3 aromatic rings. The summed E-state index contributed by atoms with van der Waals surface area (Å²) in [6.07, 6.45) is 2.24. The van der Waals surface area contributed by atoms with Crippen LogP contribution in [0, 0.1) is 0 Å². The summed E-state index contributed by atoms with van der Waals surface area (Å²) in [6.45, 7) is 0.553. The van der Waals surface area contributed by atoms with E-state index in [0.717, 1.165) is 5.56 Å². The SMILES string of the molecule is NS(=O)(=O)c1ccc(CCNc2nc(Nc3ccc(C(=O)O)cc3)ncc2Br)cc1. The molecule has 9 nitrogen and oxygen atoms in total. The first-order valence-corrected chi connectivity index (χ1v) is 11.0. The zero-order valence-electron chi connectivity index (χ0n) is 15.5. The summed E-state index contributed by atoms with van der Waals surface area (Å²) in [4.78, 5) is 19.6. The van der Waals surface area contributed by atoms with E-state index in [1.54, 1.807) is 30.5 Å². The molecule has 0 saturated carbocycles. The van der Waals surface area contributed by atoms with Gasteiger partial charge in [-0.2, -0.15) is 4.98 Å². The van der Waals surface area contributed by atoms with Crippen LogP contribution in [0.25, 0.3) is 0 Å². The largest absolute Gasteiger partial charge is 0.478 e. The van der Waals surface area contributed by atoms with Gasteiger partial charge in [0.1, 0.15) is 5.82 Å². The first kappa shape index (κ1) is 21.7.